The molecule has 7 nitrogen and oxygen atoms in total. The minimum Gasteiger partial charge on any atom is -0.445 e. The first-order chi connectivity index (χ1) is 20.6. The fourth-order valence-corrected chi connectivity index (χ4v) is 5.60. The van der Waals surface area contributed by atoms with E-state index in [1.807, 2.05) is 18.2 Å². The van der Waals surface area contributed by atoms with E-state index in [-0.39, 0.29) is 12.5 Å². The van der Waals surface area contributed by atoms with Crippen molar-refractivity contribution in [3.05, 3.63) is 35.4 Å². The van der Waals surface area contributed by atoms with Crippen molar-refractivity contribution < 1.29 is 14.3 Å². The molecule has 0 atom stereocenters. The van der Waals surface area contributed by atoms with Gasteiger partial charge in [-0.3, -0.25) is 4.79 Å². The molecule has 0 bridgehead atoms. The molecule has 0 saturated carbocycles. The van der Waals surface area contributed by atoms with Crippen molar-refractivity contribution in [3.63, 3.8) is 0 Å². The summed E-state index contributed by atoms with van der Waals surface area (Å²) in [6.07, 6.45) is 21.9. The number of hydrogen-bond acceptors (Lipinski definition) is 5. The first-order valence-electron chi connectivity index (χ1n) is 17.3. The highest BCUT2D eigenvalue weighted by Gasteiger charge is 2.15. The van der Waals surface area contributed by atoms with Gasteiger partial charge in [-0.15, -0.1) is 0 Å². The van der Waals surface area contributed by atoms with Gasteiger partial charge in [-0.25, -0.2) is 4.79 Å². The lowest BCUT2D eigenvalue weighted by Gasteiger charge is -2.32. The van der Waals surface area contributed by atoms with Crippen LogP contribution in [0, 0.1) is 0 Å². The van der Waals surface area contributed by atoms with E-state index in [2.05, 4.69) is 34.4 Å². The number of likely N-dealkylation sites (N-methyl/N-ethyl adjacent to an activating group) is 1. The molecule has 1 heterocycles. The average molecular weight is 587 g/mol. The van der Waals surface area contributed by atoms with Gasteiger partial charge in [0.05, 0.1) is 0 Å². The van der Waals surface area contributed by atoms with Crippen LogP contribution in [0.2, 0.25) is 0 Å². The number of hydrogen-bond donors (Lipinski definition) is 2. The number of unbranched alkanes of at least 4 members (excludes halogenated alkanes) is 15. The third kappa shape index (κ3) is 17.7. The number of piperazine rings is 1. The second kappa shape index (κ2) is 24.3. The predicted molar refractivity (Wildman–Crippen MR) is 175 cm³/mol. The molecule has 0 aliphatic carbocycles. The normalized spacial score (nSPS) is 14.1. The molecule has 1 aliphatic rings. The third-order valence-corrected chi connectivity index (χ3v) is 8.45. The molecule has 1 saturated heterocycles. The molecule has 0 spiro atoms. The number of benzene rings is 1. The maximum absolute atomic E-state index is 12.8. The fourth-order valence-electron chi connectivity index (χ4n) is 5.60. The molecule has 2 rings (SSSR count). The smallest absolute Gasteiger partial charge is 0.407 e. The average Bonchev–Trinajstić information content (AvgIpc) is 3.00. The summed E-state index contributed by atoms with van der Waals surface area (Å²) in [6.45, 7) is 9.03. The van der Waals surface area contributed by atoms with Gasteiger partial charge >= 0.3 is 6.09 Å². The summed E-state index contributed by atoms with van der Waals surface area (Å²) in [5.74, 6) is -0.110. The standard InChI is InChI=1S/C35H62N4O3/c1-3-4-5-6-7-8-9-10-11-12-13-14-15-16-17-20-24-37-35(41)42-31-32-22-18-19-23-33(32)34(40)36-25-21-26-39-29-27-38(2)28-30-39/h18-19,22-23H,3-17,20-21,24-31H2,1-2H3,(H,36,40)(H,37,41). The Bertz CT molecular complexity index is 826. The summed E-state index contributed by atoms with van der Waals surface area (Å²) in [7, 11) is 2.16. The number of carbonyl (C=O) groups excluding carboxylic acids is 2. The van der Waals surface area contributed by atoms with Gasteiger partial charge in [0, 0.05) is 50.4 Å². The first-order valence-corrected chi connectivity index (χ1v) is 17.3. The third-order valence-electron chi connectivity index (χ3n) is 8.45. The van der Waals surface area contributed by atoms with Crippen molar-refractivity contribution in [3.8, 4) is 0 Å². The van der Waals surface area contributed by atoms with Gasteiger partial charge in [-0.1, -0.05) is 121 Å². The molecule has 7 heteroatoms. The van der Waals surface area contributed by atoms with E-state index in [4.69, 9.17) is 4.74 Å². The van der Waals surface area contributed by atoms with Crippen molar-refractivity contribution in [2.75, 3.05) is 52.9 Å². The molecule has 240 valence electrons. The lowest BCUT2D eigenvalue weighted by molar-refractivity contribution is 0.0943. The van der Waals surface area contributed by atoms with Crippen LogP contribution < -0.4 is 10.6 Å². The second-order valence-corrected chi connectivity index (χ2v) is 12.2. The fraction of sp³-hybridized carbons (Fsp3) is 0.771. The SMILES string of the molecule is CCCCCCCCCCCCCCCCCCNC(=O)OCc1ccccc1C(=O)NCCCN1CCN(C)CC1. The number of carbonyl (C=O) groups is 2. The molecular formula is C35H62N4O3. The van der Waals surface area contributed by atoms with Crippen molar-refractivity contribution in [2.24, 2.45) is 0 Å². The summed E-state index contributed by atoms with van der Waals surface area (Å²) in [6, 6.07) is 7.36. The number of alkyl carbamates (subject to hydrolysis) is 1. The van der Waals surface area contributed by atoms with Gasteiger partial charge in [-0.05, 0) is 32.5 Å². The van der Waals surface area contributed by atoms with Gasteiger partial charge in [0.1, 0.15) is 6.61 Å². The maximum Gasteiger partial charge on any atom is 0.407 e. The molecule has 0 radical (unpaired) electrons. The van der Waals surface area contributed by atoms with E-state index < -0.39 is 6.09 Å². The molecule has 1 aromatic rings. The van der Waals surface area contributed by atoms with Gasteiger partial charge in [-0.2, -0.15) is 0 Å². The van der Waals surface area contributed by atoms with Crippen LogP contribution in [0.3, 0.4) is 0 Å². The molecular weight excluding hydrogens is 524 g/mol. The van der Waals surface area contributed by atoms with E-state index in [9.17, 15) is 9.59 Å². The quantitative estimate of drug-likeness (QED) is 0.122. The highest BCUT2D eigenvalue weighted by Crippen LogP contribution is 2.14. The van der Waals surface area contributed by atoms with Gasteiger partial charge in [0.25, 0.3) is 5.91 Å². The first kappa shape index (κ1) is 36.1. The lowest BCUT2D eigenvalue weighted by atomic mass is 10.0. The van der Waals surface area contributed by atoms with Gasteiger partial charge in [0.15, 0.2) is 0 Å². The van der Waals surface area contributed by atoms with Crippen LogP contribution >= 0.6 is 0 Å². The summed E-state index contributed by atoms with van der Waals surface area (Å²) in [4.78, 5) is 29.8. The van der Waals surface area contributed by atoms with Gasteiger partial charge < -0.3 is 25.2 Å². The van der Waals surface area contributed by atoms with Crippen LogP contribution in [-0.4, -0.2) is 74.7 Å². The monoisotopic (exact) mass is 586 g/mol. The molecule has 1 aliphatic heterocycles. The van der Waals surface area contributed by atoms with E-state index >= 15 is 0 Å². The topological polar surface area (TPSA) is 73.9 Å². The van der Waals surface area contributed by atoms with Crippen LogP contribution in [0.4, 0.5) is 4.79 Å². The predicted octanol–water partition coefficient (Wildman–Crippen LogP) is 7.54. The number of ether oxygens (including phenoxy) is 1. The van der Waals surface area contributed by atoms with Crippen molar-refractivity contribution in [1.29, 1.82) is 0 Å². The Morgan fingerprint density at radius 3 is 1.81 bits per heavy atom. The summed E-state index contributed by atoms with van der Waals surface area (Å²) >= 11 is 0. The number of nitrogens with one attached hydrogen (secondary N) is 2. The summed E-state index contributed by atoms with van der Waals surface area (Å²) in [5, 5.41) is 5.89. The summed E-state index contributed by atoms with van der Waals surface area (Å²) in [5.41, 5.74) is 1.30. The van der Waals surface area contributed by atoms with E-state index in [1.165, 1.54) is 89.9 Å². The number of rotatable bonds is 24. The molecule has 0 unspecified atom stereocenters. The highest BCUT2D eigenvalue weighted by molar-refractivity contribution is 5.95. The molecule has 0 aromatic heterocycles. The Morgan fingerprint density at radius 1 is 0.690 bits per heavy atom. The molecule has 2 amide bonds. The lowest BCUT2D eigenvalue weighted by Crippen LogP contribution is -2.45. The Morgan fingerprint density at radius 2 is 1.21 bits per heavy atom. The largest absolute Gasteiger partial charge is 0.445 e. The van der Waals surface area contributed by atoms with Crippen LogP contribution in [0.15, 0.2) is 24.3 Å². The van der Waals surface area contributed by atoms with Crippen molar-refractivity contribution in [1.82, 2.24) is 20.4 Å². The van der Waals surface area contributed by atoms with Crippen molar-refractivity contribution in [2.45, 2.75) is 123 Å². The Labute approximate surface area is 257 Å². The summed E-state index contributed by atoms with van der Waals surface area (Å²) < 4.78 is 5.42. The maximum atomic E-state index is 12.8. The molecule has 1 aromatic carbocycles. The highest BCUT2D eigenvalue weighted by atomic mass is 16.5. The van der Waals surface area contributed by atoms with E-state index in [0.29, 0.717) is 18.7 Å². The van der Waals surface area contributed by atoms with Gasteiger partial charge in [0.2, 0.25) is 0 Å². The Hall–Kier alpha value is -2.12. The number of amides is 2. The van der Waals surface area contributed by atoms with Crippen LogP contribution in [0.5, 0.6) is 0 Å². The zero-order valence-electron chi connectivity index (χ0n) is 27.1. The van der Waals surface area contributed by atoms with E-state index in [1.54, 1.807) is 6.07 Å². The van der Waals surface area contributed by atoms with Crippen molar-refractivity contribution >= 4 is 12.0 Å². The minimum atomic E-state index is -0.418. The molecule has 1 fully saturated rings. The Kier molecular flexibility index (Phi) is 20.9. The van der Waals surface area contributed by atoms with Crippen LogP contribution in [0.1, 0.15) is 132 Å². The molecule has 2 N–H and O–H groups in total. The van der Waals surface area contributed by atoms with E-state index in [0.717, 1.165) is 57.5 Å². The zero-order chi connectivity index (χ0) is 30.1. The second-order valence-electron chi connectivity index (χ2n) is 12.2. The Balaban J connectivity index is 1.43. The minimum absolute atomic E-state index is 0.0929. The van der Waals surface area contributed by atoms with Crippen LogP contribution in [0.25, 0.3) is 0 Å². The number of nitrogens with zero attached hydrogens (tertiary/aromatic N) is 2. The molecule has 42 heavy (non-hydrogen) atoms. The zero-order valence-corrected chi connectivity index (χ0v) is 27.1. The van der Waals surface area contributed by atoms with Crippen LogP contribution in [-0.2, 0) is 11.3 Å².